The molecular formula is C22H26N2O3. The number of carbonyl (C=O) groups is 1. The van der Waals surface area contributed by atoms with Gasteiger partial charge in [-0.2, -0.15) is 0 Å². The minimum absolute atomic E-state index is 0.0902. The summed E-state index contributed by atoms with van der Waals surface area (Å²) in [5.41, 5.74) is 2.40. The van der Waals surface area contributed by atoms with Crippen molar-refractivity contribution >= 4 is 11.7 Å². The van der Waals surface area contributed by atoms with Gasteiger partial charge in [0.1, 0.15) is 5.41 Å². The lowest BCUT2D eigenvalue weighted by atomic mass is 9.43. The normalized spacial score (nSPS) is 45.1. The maximum absolute atomic E-state index is 13.6. The number of esters is 1. The molecule has 5 aliphatic rings. The Labute approximate surface area is 159 Å². The lowest BCUT2D eigenvalue weighted by Crippen LogP contribution is -2.80. The van der Waals surface area contributed by atoms with Crippen LogP contribution in [0.25, 0.3) is 0 Å². The van der Waals surface area contributed by atoms with Crippen molar-refractivity contribution in [2.75, 3.05) is 38.8 Å². The molecule has 1 aromatic carbocycles. The van der Waals surface area contributed by atoms with E-state index in [1.807, 2.05) is 0 Å². The summed E-state index contributed by atoms with van der Waals surface area (Å²) in [6.45, 7) is 4.50. The first-order valence-corrected chi connectivity index (χ1v) is 10.0. The number of allylic oxidation sites excluding steroid dienone is 1. The van der Waals surface area contributed by atoms with E-state index in [9.17, 15) is 4.79 Å². The average Bonchev–Trinajstić information content (AvgIpc) is 3.09. The average molecular weight is 366 g/mol. The first kappa shape index (κ1) is 16.1. The molecule has 0 N–H and O–H groups in total. The Kier molecular flexibility index (Phi) is 2.84. The summed E-state index contributed by atoms with van der Waals surface area (Å²) in [6, 6.07) is 8.92. The van der Waals surface area contributed by atoms with Gasteiger partial charge < -0.3 is 14.4 Å². The quantitative estimate of drug-likeness (QED) is 0.564. The molecule has 27 heavy (non-hydrogen) atoms. The van der Waals surface area contributed by atoms with Crippen LogP contribution in [0.3, 0.4) is 0 Å². The molecule has 5 atom stereocenters. The van der Waals surface area contributed by atoms with E-state index in [0.29, 0.717) is 12.6 Å². The second-order valence-electron chi connectivity index (χ2n) is 8.82. The number of carbonyl (C=O) groups excluding carboxylic acids is 1. The first-order chi connectivity index (χ1) is 13.1. The molecular weight excluding hydrogens is 340 g/mol. The molecule has 5 bridgehead atoms. The van der Waals surface area contributed by atoms with Gasteiger partial charge in [0.2, 0.25) is 0 Å². The van der Waals surface area contributed by atoms with E-state index in [1.165, 1.54) is 23.9 Å². The molecule has 5 nitrogen and oxygen atoms in total. The fourth-order valence-corrected chi connectivity index (χ4v) is 7.75. The van der Waals surface area contributed by atoms with Gasteiger partial charge in [-0.1, -0.05) is 29.8 Å². The van der Waals surface area contributed by atoms with Crippen molar-refractivity contribution in [2.45, 2.75) is 36.9 Å². The molecule has 6 rings (SSSR count). The fraction of sp³-hybridized carbons (Fsp3) is 0.591. The molecule has 0 radical (unpaired) electrons. The van der Waals surface area contributed by atoms with Crippen molar-refractivity contribution in [3.8, 4) is 0 Å². The molecule has 0 spiro atoms. The molecule has 142 valence electrons. The number of ether oxygens (including phenoxy) is 2. The molecule has 0 aromatic heterocycles. The lowest BCUT2D eigenvalue weighted by molar-refractivity contribution is -0.183. The van der Waals surface area contributed by atoms with Gasteiger partial charge in [0.15, 0.2) is 5.72 Å². The number of likely N-dealkylation sites (N-methyl/N-ethyl adjacent to an activating group) is 1. The maximum atomic E-state index is 13.6. The fourth-order valence-electron chi connectivity index (χ4n) is 7.75. The lowest BCUT2D eigenvalue weighted by Gasteiger charge is -2.66. The van der Waals surface area contributed by atoms with Crippen molar-refractivity contribution in [1.82, 2.24) is 4.90 Å². The zero-order chi connectivity index (χ0) is 18.6. The summed E-state index contributed by atoms with van der Waals surface area (Å²) in [4.78, 5) is 18.5. The van der Waals surface area contributed by atoms with Crippen molar-refractivity contribution in [3.05, 3.63) is 41.5 Å². The third-order valence-electron chi connectivity index (χ3n) is 8.59. The summed E-state index contributed by atoms with van der Waals surface area (Å²) in [5, 5.41) is 0. The highest BCUT2D eigenvalue weighted by molar-refractivity contribution is 5.86. The Balaban J connectivity index is 1.75. The third-order valence-corrected chi connectivity index (χ3v) is 8.59. The van der Waals surface area contributed by atoms with E-state index in [4.69, 9.17) is 9.47 Å². The van der Waals surface area contributed by atoms with Gasteiger partial charge in [-0.15, -0.1) is 0 Å². The molecule has 1 aliphatic carbocycles. The number of hydrogen-bond donors (Lipinski definition) is 0. The van der Waals surface area contributed by atoms with Crippen LogP contribution < -0.4 is 4.90 Å². The van der Waals surface area contributed by atoms with Crippen LogP contribution in [-0.2, 0) is 19.7 Å². The molecule has 5 heteroatoms. The Bertz CT molecular complexity index is 897. The summed E-state index contributed by atoms with van der Waals surface area (Å²) >= 11 is 0. The molecule has 4 heterocycles. The van der Waals surface area contributed by atoms with Gasteiger partial charge >= 0.3 is 5.97 Å². The van der Waals surface area contributed by atoms with Crippen LogP contribution in [0.5, 0.6) is 0 Å². The Morgan fingerprint density at radius 2 is 2.19 bits per heavy atom. The van der Waals surface area contributed by atoms with Crippen molar-refractivity contribution < 1.29 is 14.3 Å². The maximum Gasteiger partial charge on any atom is 0.315 e. The molecule has 1 aromatic rings. The van der Waals surface area contributed by atoms with Crippen LogP contribution >= 0.6 is 0 Å². The standard InChI is InChI=1S/C22H26N2O3/c1-4-14-12-24-10-9-21-15-7-5-6-8-17(15)23(2)22(21)18(24)11-16(14)20(21,13-27-22)19(25)26-3/h4-8,16,18H,9-13H2,1-3H3/b14-4-/t16-,18-,20-,21-,22+/m1/s1. The molecule has 4 aliphatic heterocycles. The number of hydrogen-bond acceptors (Lipinski definition) is 5. The van der Waals surface area contributed by atoms with Crippen LogP contribution in [-0.4, -0.2) is 56.5 Å². The number of benzene rings is 1. The van der Waals surface area contributed by atoms with Crippen LogP contribution in [0.1, 0.15) is 25.3 Å². The minimum Gasteiger partial charge on any atom is -0.468 e. The SMILES string of the molecule is C/C=C1/CN2CC[C@]34c5ccccc5N(C)[C@@]35OC[C@]4(C(=O)OC)[C@@H]1C[C@@H]25. The molecule has 0 unspecified atom stereocenters. The number of para-hydroxylation sites is 1. The van der Waals surface area contributed by atoms with E-state index < -0.39 is 11.1 Å². The van der Waals surface area contributed by atoms with Gasteiger partial charge in [-0.3, -0.25) is 9.69 Å². The predicted octanol–water partition coefficient (Wildman–Crippen LogP) is 2.31. The van der Waals surface area contributed by atoms with Gasteiger partial charge in [-0.25, -0.2) is 0 Å². The second kappa shape index (κ2) is 4.76. The summed E-state index contributed by atoms with van der Waals surface area (Å²) in [6.07, 6.45) is 4.13. The largest absolute Gasteiger partial charge is 0.468 e. The monoisotopic (exact) mass is 366 g/mol. The van der Waals surface area contributed by atoms with E-state index >= 15 is 0 Å². The van der Waals surface area contributed by atoms with Crippen LogP contribution in [0.2, 0.25) is 0 Å². The number of piperidine rings is 2. The molecule has 4 fully saturated rings. The Morgan fingerprint density at radius 1 is 1.37 bits per heavy atom. The van der Waals surface area contributed by atoms with E-state index in [1.54, 1.807) is 0 Å². The molecule has 0 amide bonds. The second-order valence-corrected chi connectivity index (χ2v) is 8.82. The predicted molar refractivity (Wildman–Crippen MR) is 101 cm³/mol. The smallest absolute Gasteiger partial charge is 0.315 e. The summed E-state index contributed by atoms with van der Waals surface area (Å²) in [7, 11) is 3.70. The van der Waals surface area contributed by atoms with Crippen molar-refractivity contribution in [1.29, 1.82) is 0 Å². The van der Waals surface area contributed by atoms with Gasteiger partial charge in [0.25, 0.3) is 0 Å². The minimum atomic E-state index is -0.645. The number of rotatable bonds is 1. The molecule has 3 saturated heterocycles. The van der Waals surface area contributed by atoms with Crippen LogP contribution in [0.4, 0.5) is 5.69 Å². The third kappa shape index (κ3) is 1.34. The van der Waals surface area contributed by atoms with Gasteiger partial charge in [0.05, 0.1) is 25.2 Å². The Morgan fingerprint density at radius 3 is 2.96 bits per heavy atom. The molecule has 1 saturated carbocycles. The highest BCUT2D eigenvalue weighted by atomic mass is 16.6. The topological polar surface area (TPSA) is 42.0 Å². The number of methoxy groups -OCH3 is 1. The summed E-state index contributed by atoms with van der Waals surface area (Å²) in [5.74, 6) is 0.0966. The number of anilines is 1. The highest BCUT2D eigenvalue weighted by Gasteiger charge is 2.86. The van der Waals surface area contributed by atoms with E-state index in [-0.39, 0.29) is 17.3 Å². The van der Waals surface area contributed by atoms with E-state index in [2.05, 4.69) is 54.1 Å². The summed E-state index contributed by atoms with van der Waals surface area (Å²) < 4.78 is 12.3. The number of fused-ring (bicyclic) bond motifs is 3. The number of nitrogens with zero attached hydrogens (tertiary/aromatic N) is 2. The zero-order valence-electron chi connectivity index (χ0n) is 16.2. The van der Waals surface area contributed by atoms with Gasteiger partial charge in [-0.05, 0) is 31.4 Å². The highest BCUT2D eigenvalue weighted by Crippen LogP contribution is 2.76. The Hall–Kier alpha value is -1.85. The van der Waals surface area contributed by atoms with Crippen molar-refractivity contribution in [2.24, 2.45) is 11.3 Å². The van der Waals surface area contributed by atoms with Crippen LogP contribution in [0.15, 0.2) is 35.9 Å². The van der Waals surface area contributed by atoms with Gasteiger partial charge in [0, 0.05) is 31.7 Å². The van der Waals surface area contributed by atoms with E-state index in [0.717, 1.165) is 25.9 Å². The van der Waals surface area contributed by atoms with Crippen LogP contribution in [0, 0.1) is 11.3 Å². The zero-order valence-corrected chi connectivity index (χ0v) is 16.2. The van der Waals surface area contributed by atoms with Crippen molar-refractivity contribution in [3.63, 3.8) is 0 Å². The first-order valence-electron chi connectivity index (χ1n) is 10.0.